The van der Waals surface area contributed by atoms with Gasteiger partial charge in [0.05, 0.1) is 0 Å². The van der Waals surface area contributed by atoms with Crippen LogP contribution in [-0.4, -0.2) is 60.6 Å². The molecule has 4 rings (SSSR count). The zero-order chi connectivity index (χ0) is 18.6. The van der Waals surface area contributed by atoms with E-state index in [4.69, 9.17) is 0 Å². The van der Waals surface area contributed by atoms with Crippen molar-refractivity contribution in [1.82, 2.24) is 15.1 Å². The van der Waals surface area contributed by atoms with E-state index in [-0.39, 0.29) is 11.8 Å². The van der Waals surface area contributed by atoms with E-state index in [1.54, 1.807) is 24.3 Å². The maximum Gasteiger partial charge on any atom is 0.261 e. The lowest BCUT2D eigenvalue weighted by atomic mass is 9.86. The number of imide groups is 2. The molecule has 7 nitrogen and oxygen atoms in total. The minimum Gasteiger partial charge on any atom is -0.309 e. The Bertz CT molecular complexity index is 941. The van der Waals surface area contributed by atoms with Crippen LogP contribution < -0.4 is 5.32 Å². The molecule has 2 aliphatic heterocycles. The Morgan fingerprint density at radius 2 is 1.27 bits per heavy atom. The molecule has 0 unspecified atom stereocenters. The summed E-state index contributed by atoms with van der Waals surface area (Å²) in [5.41, 5.74) is 1.32. The van der Waals surface area contributed by atoms with Gasteiger partial charge >= 0.3 is 0 Å². The van der Waals surface area contributed by atoms with Gasteiger partial charge in [0.25, 0.3) is 23.6 Å². The van der Waals surface area contributed by atoms with Gasteiger partial charge in [-0.15, -0.1) is 0 Å². The van der Waals surface area contributed by atoms with Gasteiger partial charge in [-0.1, -0.05) is 0 Å². The van der Waals surface area contributed by atoms with E-state index in [1.807, 2.05) is 19.0 Å². The van der Waals surface area contributed by atoms with Crippen LogP contribution in [0, 0.1) is 0 Å². The number of hydrogen-bond donors (Lipinski definition) is 1. The second kappa shape index (κ2) is 5.74. The maximum atomic E-state index is 12.9. The van der Waals surface area contributed by atoms with E-state index in [0.717, 1.165) is 6.54 Å². The van der Waals surface area contributed by atoms with Gasteiger partial charge in [0.15, 0.2) is 0 Å². The molecule has 0 saturated heterocycles. The van der Waals surface area contributed by atoms with E-state index in [9.17, 15) is 19.2 Å². The Morgan fingerprint density at radius 3 is 1.77 bits per heavy atom. The molecule has 0 aromatic heterocycles. The topological polar surface area (TPSA) is 86.8 Å². The fourth-order valence-electron chi connectivity index (χ4n) is 3.60. The minimum atomic E-state index is -0.514. The van der Waals surface area contributed by atoms with Gasteiger partial charge in [-0.2, -0.15) is 0 Å². The molecule has 0 bridgehead atoms. The molecule has 0 radical (unpaired) electrons. The zero-order valence-electron chi connectivity index (χ0n) is 14.5. The van der Waals surface area contributed by atoms with Crippen LogP contribution in [0.3, 0.4) is 0 Å². The van der Waals surface area contributed by atoms with Crippen molar-refractivity contribution in [3.05, 3.63) is 46.5 Å². The molecule has 2 aromatic rings. The molecule has 2 aliphatic rings. The molecule has 2 aromatic carbocycles. The fourth-order valence-corrected chi connectivity index (χ4v) is 3.60. The van der Waals surface area contributed by atoms with Crippen molar-refractivity contribution in [2.24, 2.45) is 0 Å². The Morgan fingerprint density at radius 1 is 0.808 bits per heavy atom. The molecule has 0 fully saturated rings. The maximum absolute atomic E-state index is 12.9. The summed E-state index contributed by atoms with van der Waals surface area (Å²) in [7, 11) is 3.86. The lowest BCUT2D eigenvalue weighted by molar-refractivity contribution is 0.0604. The van der Waals surface area contributed by atoms with E-state index < -0.39 is 11.8 Å². The number of rotatable bonds is 4. The summed E-state index contributed by atoms with van der Waals surface area (Å²) in [6.07, 6.45) is 0.667. The van der Waals surface area contributed by atoms with Gasteiger partial charge in [-0.25, -0.2) is 0 Å². The van der Waals surface area contributed by atoms with E-state index in [1.165, 1.54) is 4.90 Å². The number of amides is 4. The van der Waals surface area contributed by atoms with Gasteiger partial charge in [0.2, 0.25) is 0 Å². The minimum absolute atomic E-state index is 0.307. The Balaban J connectivity index is 1.87. The summed E-state index contributed by atoms with van der Waals surface area (Å²) in [6.45, 7) is 1.07. The van der Waals surface area contributed by atoms with Crippen LogP contribution in [-0.2, 0) is 0 Å². The lowest BCUT2D eigenvalue weighted by Crippen LogP contribution is -2.42. The highest BCUT2D eigenvalue weighted by Crippen LogP contribution is 2.35. The van der Waals surface area contributed by atoms with Crippen LogP contribution in [0.4, 0.5) is 0 Å². The van der Waals surface area contributed by atoms with Crippen molar-refractivity contribution >= 4 is 34.4 Å². The van der Waals surface area contributed by atoms with Crippen LogP contribution >= 0.6 is 0 Å². The van der Waals surface area contributed by atoms with E-state index in [2.05, 4.69) is 5.32 Å². The van der Waals surface area contributed by atoms with Crippen LogP contribution in [0.1, 0.15) is 47.9 Å². The SMILES string of the molecule is CN(C)CCCN1C(=O)c2ccc3c4c(ccc(c24)C1=O)C(=O)NC3=O. The van der Waals surface area contributed by atoms with Gasteiger partial charge < -0.3 is 4.90 Å². The Labute approximate surface area is 149 Å². The quantitative estimate of drug-likeness (QED) is 0.839. The average Bonchev–Trinajstić information content (AvgIpc) is 2.60. The highest BCUT2D eigenvalue weighted by Gasteiger charge is 2.36. The van der Waals surface area contributed by atoms with Crippen LogP contribution in [0.2, 0.25) is 0 Å². The lowest BCUT2D eigenvalue weighted by Gasteiger charge is -2.29. The molecular formula is C19H17N3O4. The number of nitrogens with zero attached hydrogens (tertiary/aromatic N) is 2. The molecule has 2 heterocycles. The fraction of sp³-hybridized carbons (Fsp3) is 0.263. The molecule has 1 N–H and O–H groups in total. The van der Waals surface area contributed by atoms with Crippen LogP contribution in [0.25, 0.3) is 10.8 Å². The van der Waals surface area contributed by atoms with E-state index >= 15 is 0 Å². The first-order valence-electron chi connectivity index (χ1n) is 8.36. The Hall–Kier alpha value is -3.06. The second-order valence-corrected chi connectivity index (χ2v) is 6.77. The second-order valence-electron chi connectivity index (χ2n) is 6.77. The summed E-state index contributed by atoms with van der Waals surface area (Å²) >= 11 is 0. The van der Waals surface area contributed by atoms with Gasteiger partial charge in [-0.3, -0.25) is 29.4 Å². The molecule has 0 saturated carbocycles. The predicted molar refractivity (Wildman–Crippen MR) is 94.3 cm³/mol. The summed E-state index contributed by atoms with van der Waals surface area (Å²) in [4.78, 5) is 53.3. The summed E-state index contributed by atoms with van der Waals surface area (Å²) in [5.74, 6) is -1.80. The third-order valence-electron chi connectivity index (χ3n) is 4.82. The molecule has 132 valence electrons. The third kappa shape index (κ3) is 2.24. The standard InChI is InChI=1S/C19H17N3O4/c1-21(2)8-3-9-22-18(25)12-6-4-10-14-11(17(24)20-16(10)23)5-7-13(15(12)14)19(22)26/h4-7H,3,8-9H2,1-2H3,(H,20,23,24). The van der Waals surface area contributed by atoms with Crippen molar-refractivity contribution in [1.29, 1.82) is 0 Å². The largest absolute Gasteiger partial charge is 0.309 e. The van der Waals surface area contributed by atoms with Crippen LogP contribution in [0.5, 0.6) is 0 Å². The number of hydrogen-bond acceptors (Lipinski definition) is 5. The van der Waals surface area contributed by atoms with Crippen molar-refractivity contribution in [2.45, 2.75) is 6.42 Å². The number of nitrogens with one attached hydrogen (secondary N) is 1. The number of benzene rings is 2. The summed E-state index contributed by atoms with van der Waals surface area (Å²) in [6, 6.07) is 6.21. The highest BCUT2D eigenvalue weighted by molar-refractivity contribution is 6.33. The van der Waals surface area contributed by atoms with Gasteiger partial charge in [0.1, 0.15) is 0 Å². The zero-order valence-corrected chi connectivity index (χ0v) is 14.5. The van der Waals surface area contributed by atoms with Gasteiger partial charge in [-0.05, 0) is 51.3 Å². The summed E-state index contributed by atoms with van der Waals surface area (Å²) < 4.78 is 0. The van der Waals surface area contributed by atoms with Crippen molar-refractivity contribution < 1.29 is 19.2 Å². The smallest absolute Gasteiger partial charge is 0.261 e. The van der Waals surface area contributed by atoms with Crippen molar-refractivity contribution in [3.63, 3.8) is 0 Å². The predicted octanol–water partition coefficient (Wildman–Crippen LogP) is 1.27. The normalized spacial score (nSPS) is 15.9. The summed E-state index contributed by atoms with van der Waals surface area (Å²) in [5, 5.41) is 3.07. The first-order valence-corrected chi connectivity index (χ1v) is 8.36. The molecule has 0 aliphatic carbocycles. The van der Waals surface area contributed by atoms with Crippen molar-refractivity contribution in [3.8, 4) is 0 Å². The Kier molecular flexibility index (Phi) is 3.62. The first-order chi connectivity index (χ1) is 12.4. The molecule has 7 heteroatoms. The van der Waals surface area contributed by atoms with Gasteiger partial charge in [0, 0.05) is 39.6 Å². The van der Waals surface area contributed by atoms with E-state index in [0.29, 0.717) is 46.0 Å². The monoisotopic (exact) mass is 351 g/mol. The molecule has 26 heavy (non-hydrogen) atoms. The van der Waals surface area contributed by atoms with Crippen molar-refractivity contribution in [2.75, 3.05) is 27.2 Å². The molecule has 0 atom stereocenters. The number of carbonyl (C=O) groups is 4. The number of carbonyl (C=O) groups excluding carboxylic acids is 4. The molecular weight excluding hydrogens is 334 g/mol. The third-order valence-corrected chi connectivity index (χ3v) is 4.82. The highest BCUT2D eigenvalue weighted by atomic mass is 16.2. The molecule has 0 spiro atoms. The average molecular weight is 351 g/mol. The van der Waals surface area contributed by atoms with Crippen LogP contribution in [0.15, 0.2) is 24.3 Å². The first kappa shape index (κ1) is 16.4. The molecule has 4 amide bonds.